The van der Waals surface area contributed by atoms with Gasteiger partial charge in [-0.15, -0.1) is 0 Å². The molecule has 0 bridgehead atoms. The van der Waals surface area contributed by atoms with Crippen LogP contribution < -0.4 is 0 Å². The standard InChI is InChI=1S/C13H13BrClN3/c1-13(2,12-10(15)4-3-5-16-12)6-11-17-7-9(14)8-18-11/h3-5,7-8H,6H2,1-2H3. The quantitative estimate of drug-likeness (QED) is 0.861. The molecule has 0 saturated heterocycles. The number of halogens is 2. The normalized spacial score (nSPS) is 11.6. The molecule has 0 fully saturated rings. The van der Waals surface area contributed by atoms with Gasteiger partial charge in [0.1, 0.15) is 5.82 Å². The van der Waals surface area contributed by atoms with Crippen LogP contribution in [0.2, 0.25) is 5.02 Å². The molecular formula is C13H13BrClN3. The molecule has 3 nitrogen and oxygen atoms in total. The largest absolute Gasteiger partial charge is 0.259 e. The van der Waals surface area contributed by atoms with Crippen LogP contribution in [-0.4, -0.2) is 15.0 Å². The molecule has 94 valence electrons. The third-order valence-corrected chi connectivity index (χ3v) is 3.39. The summed E-state index contributed by atoms with van der Waals surface area (Å²) in [5.74, 6) is 0.782. The molecule has 0 aliphatic heterocycles. The summed E-state index contributed by atoms with van der Waals surface area (Å²) in [7, 11) is 0. The summed E-state index contributed by atoms with van der Waals surface area (Å²) in [6.45, 7) is 4.18. The molecule has 0 atom stereocenters. The lowest BCUT2D eigenvalue weighted by atomic mass is 9.85. The molecule has 2 rings (SSSR count). The lowest BCUT2D eigenvalue weighted by Gasteiger charge is -2.24. The van der Waals surface area contributed by atoms with Gasteiger partial charge in [0.25, 0.3) is 0 Å². The van der Waals surface area contributed by atoms with Crippen LogP contribution in [0.3, 0.4) is 0 Å². The van der Waals surface area contributed by atoms with Gasteiger partial charge in [-0.05, 0) is 28.1 Å². The fourth-order valence-electron chi connectivity index (χ4n) is 1.79. The van der Waals surface area contributed by atoms with Gasteiger partial charge in [-0.1, -0.05) is 25.4 Å². The molecule has 0 aromatic carbocycles. The Kier molecular flexibility index (Phi) is 3.97. The highest BCUT2D eigenvalue weighted by Gasteiger charge is 2.26. The van der Waals surface area contributed by atoms with E-state index in [1.807, 2.05) is 12.1 Å². The summed E-state index contributed by atoms with van der Waals surface area (Å²) in [6.07, 6.45) is 5.94. The van der Waals surface area contributed by atoms with E-state index in [1.54, 1.807) is 18.6 Å². The van der Waals surface area contributed by atoms with Crippen molar-refractivity contribution >= 4 is 27.5 Å². The first-order valence-electron chi connectivity index (χ1n) is 5.56. The lowest BCUT2D eigenvalue weighted by molar-refractivity contribution is 0.491. The fraction of sp³-hybridized carbons (Fsp3) is 0.308. The van der Waals surface area contributed by atoms with Gasteiger partial charge < -0.3 is 0 Å². The minimum Gasteiger partial charge on any atom is -0.259 e. The molecule has 0 saturated carbocycles. The molecule has 18 heavy (non-hydrogen) atoms. The molecule has 0 aliphatic rings. The smallest absolute Gasteiger partial charge is 0.129 e. The van der Waals surface area contributed by atoms with Crippen molar-refractivity contribution in [3.05, 3.63) is 51.7 Å². The topological polar surface area (TPSA) is 38.7 Å². The molecule has 0 spiro atoms. The van der Waals surface area contributed by atoms with E-state index in [0.717, 1.165) is 16.0 Å². The van der Waals surface area contributed by atoms with Crippen molar-refractivity contribution < 1.29 is 0 Å². The molecule has 0 aliphatic carbocycles. The summed E-state index contributed by atoms with van der Waals surface area (Å²) in [4.78, 5) is 12.9. The predicted octanol–water partition coefficient (Wildman–Crippen LogP) is 3.81. The van der Waals surface area contributed by atoms with Crippen molar-refractivity contribution in [1.82, 2.24) is 15.0 Å². The van der Waals surface area contributed by atoms with Gasteiger partial charge in [-0.3, -0.25) is 4.98 Å². The van der Waals surface area contributed by atoms with Crippen LogP contribution in [0.25, 0.3) is 0 Å². The van der Waals surface area contributed by atoms with E-state index in [0.29, 0.717) is 11.4 Å². The molecule has 0 radical (unpaired) electrons. The molecule has 2 heterocycles. The van der Waals surface area contributed by atoms with Crippen LogP contribution in [0, 0.1) is 0 Å². The molecular weight excluding hydrogens is 314 g/mol. The lowest BCUT2D eigenvalue weighted by Crippen LogP contribution is -2.23. The molecule has 0 unspecified atom stereocenters. The summed E-state index contributed by atoms with van der Waals surface area (Å²) >= 11 is 9.51. The van der Waals surface area contributed by atoms with Crippen LogP contribution >= 0.6 is 27.5 Å². The Labute approximate surface area is 120 Å². The number of nitrogens with zero attached hydrogens (tertiary/aromatic N) is 3. The van der Waals surface area contributed by atoms with Crippen molar-refractivity contribution in [2.24, 2.45) is 0 Å². The Balaban J connectivity index is 2.27. The summed E-state index contributed by atoms with van der Waals surface area (Å²) in [5.41, 5.74) is 0.671. The average Bonchev–Trinajstić information content (AvgIpc) is 2.32. The molecule has 0 amide bonds. The highest BCUT2D eigenvalue weighted by atomic mass is 79.9. The van der Waals surface area contributed by atoms with Gasteiger partial charge in [-0.25, -0.2) is 9.97 Å². The van der Waals surface area contributed by atoms with Crippen molar-refractivity contribution in [1.29, 1.82) is 0 Å². The van der Waals surface area contributed by atoms with Gasteiger partial charge >= 0.3 is 0 Å². The van der Waals surface area contributed by atoms with Crippen molar-refractivity contribution in [3.8, 4) is 0 Å². The number of hydrogen-bond acceptors (Lipinski definition) is 3. The van der Waals surface area contributed by atoms with Crippen molar-refractivity contribution in [3.63, 3.8) is 0 Å². The zero-order chi connectivity index (χ0) is 13.2. The minimum absolute atomic E-state index is 0.202. The van der Waals surface area contributed by atoms with Crippen LogP contribution in [-0.2, 0) is 11.8 Å². The zero-order valence-electron chi connectivity index (χ0n) is 10.2. The Bertz CT molecular complexity index is 540. The summed E-state index contributed by atoms with van der Waals surface area (Å²) in [6, 6.07) is 3.69. The zero-order valence-corrected chi connectivity index (χ0v) is 12.5. The Morgan fingerprint density at radius 3 is 2.50 bits per heavy atom. The van der Waals surface area contributed by atoms with E-state index in [1.165, 1.54) is 0 Å². The highest BCUT2D eigenvalue weighted by Crippen LogP contribution is 2.30. The Morgan fingerprint density at radius 1 is 1.22 bits per heavy atom. The van der Waals surface area contributed by atoms with E-state index in [9.17, 15) is 0 Å². The maximum Gasteiger partial charge on any atom is 0.129 e. The van der Waals surface area contributed by atoms with Crippen LogP contribution in [0.4, 0.5) is 0 Å². The molecule has 5 heteroatoms. The van der Waals surface area contributed by atoms with Crippen LogP contribution in [0.1, 0.15) is 25.4 Å². The second kappa shape index (κ2) is 5.33. The first-order chi connectivity index (χ1) is 8.49. The van der Waals surface area contributed by atoms with Gasteiger partial charge in [0, 0.05) is 30.4 Å². The number of hydrogen-bond donors (Lipinski definition) is 0. The second-order valence-electron chi connectivity index (χ2n) is 4.71. The van der Waals surface area contributed by atoms with Gasteiger partial charge in [-0.2, -0.15) is 0 Å². The SMILES string of the molecule is CC(C)(Cc1ncc(Br)cn1)c1ncccc1Cl. The molecule has 0 N–H and O–H groups in total. The van der Waals surface area contributed by atoms with Crippen LogP contribution in [0.15, 0.2) is 35.2 Å². The van der Waals surface area contributed by atoms with Crippen molar-refractivity contribution in [2.75, 3.05) is 0 Å². The van der Waals surface area contributed by atoms with E-state index in [2.05, 4.69) is 44.7 Å². The highest BCUT2D eigenvalue weighted by molar-refractivity contribution is 9.10. The predicted molar refractivity (Wildman–Crippen MR) is 75.7 cm³/mol. The average molecular weight is 327 g/mol. The third kappa shape index (κ3) is 3.06. The van der Waals surface area contributed by atoms with Gasteiger partial charge in [0.05, 0.1) is 15.2 Å². The number of aromatic nitrogens is 3. The Morgan fingerprint density at radius 2 is 1.89 bits per heavy atom. The number of rotatable bonds is 3. The van der Waals surface area contributed by atoms with E-state index in [-0.39, 0.29) is 5.41 Å². The summed E-state index contributed by atoms with van der Waals surface area (Å²) in [5, 5.41) is 0.680. The third-order valence-electron chi connectivity index (χ3n) is 2.67. The van der Waals surface area contributed by atoms with Gasteiger partial charge in [0.2, 0.25) is 0 Å². The molecule has 2 aromatic rings. The maximum absolute atomic E-state index is 6.19. The fourth-order valence-corrected chi connectivity index (χ4v) is 2.38. The summed E-state index contributed by atoms with van der Waals surface area (Å²) < 4.78 is 0.875. The van der Waals surface area contributed by atoms with E-state index in [4.69, 9.17) is 11.6 Å². The maximum atomic E-state index is 6.19. The van der Waals surface area contributed by atoms with Crippen LogP contribution in [0.5, 0.6) is 0 Å². The first kappa shape index (κ1) is 13.4. The first-order valence-corrected chi connectivity index (χ1v) is 6.73. The monoisotopic (exact) mass is 325 g/mol. The van der Waals surface area contributed by atoms with Gasteiger partial charge in [0.15, 0.2) is 0 Å². The minimum atomic E-state index is -0.202. The number of pyridine rings is 1. The molecule has 2 aromatic heterocycles. The van der Waals surface area contributed by atoms with E-state index < -0.39 is 0 Å². The second-order valence-corrected chi connectivity index (χ2v) is 6.03. The van der Waals surface area contributed by atoms with Crippen molar-refractivity contribution in [2.45, 2.75) is 25.7 Å². The Hall–Kier alpha value is -1.00. The van der Waals surface area contributed by atoms with E-state index >= 15 is 0 Å².